The lowest BCUT2D eigenvalue weighted by molar-refractivity contribution is -0.109. The number of aromatic nitrogens is 1. The van der Waals surface area contributed by atoms with Crippen molar-refractivity contribution in [1.82, 2.24) is 9.88 Å². The van der Waals surface area contributed by atoms with Crippen LogP contribution in [0, 0.1) is 13.8 Å². The predicted molar refractivity (Wildman–Crippen MR) is 123 cm³/mol. The minimum Gasteiger partial charge on any atom is -0.362 e. The first-order chi connectivity index (χ1) is 15.2. The average Bonchev–Trinajstić information content (AvgIpc) is 2.72. The number of anilines is 2. The molecular formula is C23H28N4O4S. The van der Waals surface area contributed by atoms with Gasteiger partial charge in [-0.25, -0.2) is 13.4 Å². The minimum atomic E-state index is -3.63. The molecule has 1 unspecified atom stereocenters. The maximum atomic E-state index is 13.3. The summed E-state index contributed by atoms with van der Waals surface area (Å²) in [7, 11) is -3.63. The summed E-state index contributed by atoms with van der Waals surface area (Å²) >= 11 is 0. The zero-order chi connectivity index (χ0) is 23.0. The summed E-state index contributed by atoms with van der Waals surface area (Å²) < 4.78 is 25.0. The van der Waals surface area contributed by atoms with E-state index in [1.807, 2.05) is 24.9 Å². The Morgan fingerprint density at radius 2 is 1.81 bits per heavy atom. The first-order valence-electron chi connectivity index (χ1n) is 10.7. The molecule has 2 saturated heterocycles. The molecule has 1 amide bonds. The Kier molecular flexibility index (Phi) is 5.94. The van der Waals surface area contributed by atoms with Crippen molar-refractivity contribution < 1.29 is 18.0 Å². The van der Waals surface area contributed by atoms with Crippen LogP contribution in [0.2, 0.25) is 0 Å². The van der Waals surface area contributed by atoms with E-state index in [9.17, 15) is 18.0 Å². The van der Waals surface area contributed by atoms with Crippen LogP contribution in [0.15, 0.2) is 35.4 Å². The Labute approximate surface area is 188 Å². The molecule has 1 atom stereocenters. The minimum absolute atomic E-state index is 0.00928. The van der Waals surface area contributed by atoms with Gasteiger partial charge < -0.3 is 19.5 Å². The summed E-state index contributed by atoms with van der Waals surface area (Å²) in [6.07, 6.45) is 4.57. The number of piperazine rings is 1. The Morgan fingerprint density at radius 1 is 1.09 bits per heavy atom. The number of pyridine rings is 1. The molecule has 170 valence electrons. The number of carbonyl (C=O) groups is 2. The fraction of sp³-hybridized carbons (Fsp3) is 0.435. The number of benzene rings is 1. The van der Waals surface area contributed by atoms with Crippen molar-refractivity contribution in [2.75, 3.05) is 48.8 Å². The zero-order valence-corrected chi connectivity index (χ0v) is 19.4. The van der Waals surface area contributed by atoms with Crippen molar-refractivity contribution in [3.8, 4) is 0 Å². The van der Waals surface area contributed by atoms with Crippen LogP contribution in [0.4, 0.5) is 11.5 Å². The van der Waals surface area contributed by atoms with Gasteiger partial charge in [-0.05, 0) is 49.6 Å². The van der Waals surface area contributed by atoms with E-state index in [0.29, 0.717) is 38.4 Å². The van der Waals surface area contributed by atoms with Crippen LogP contribution >= 0.6 is 0 Å². The molecule has 8 nitrogen and oxygen atoms in total. The molecule has 1 aromatic heterocycles. The van der Waals surface area contributed by atoms with E-state index in [1.54, 1.807) is 17.0 Å². The van der Waals surface area contributed by atoms with Crippen LogP contribution in [0.1, 0.15) is 27.9 Å². The Bertz CT molecular complexity index is 1160. The molecule has 2 aliphatic heterocycles. The number of nitrogens with zero attached hydrogens (tertiary/aromatic N) is 4. The van der Waals surface area contributed by atoms with Gasteiger partial charge in [-0.2, -0.15) is 0 Å². The van der Waals surface area contributed by atoms with E-state index in [1.165, 1.54) is 6.07 Å². The number of hydrogen-bond donors (Lipinski definition) is 0. The number of sulfone groups is 1. The molecule has 0 radical (unpaired) electrons. The molecule has 4 rings (SSSR count). The molecule has 2 aliphatic rings. The highest BCUT2D eigenvalue weighted by Gasteiger charge is 2.31. The SMILES string of the molecule is Cc1cnc(N2CCN(C(=O)c3ccc(N4CCC4C=O)cc3S(C)(=O)=O)CC2)c(C)c1. The van der Waals surface area contributed by atoms with E-state index in [-0.39, 0.29) is 22.4 Å². The zero-order valence-electron chi connectivity index (χ0n) is 18.6. The van der Waals surface area contributed by atoms with Gasteiger partial charge in [-0.1, -0.05) is 6.07 Å². The van der Waals surface area contributed by atoms with Crippen molar-refractivity contribution >= 4 is 33.5 Å². The maximum Gasteiger partial charge on any atom is 0.255 e. The smallest absolute Gasteiger partial charge is 0.255 e. The van der Waals surface area contributed by atoms with Crippen LogP contribution in [0.25, 0.3) is 0 Å². The number of carbonyl (C=O) groups excluding carboxylic acids is 2. The monoisotopic (exact) mass is 456 g/mol. The first-order valence-corrected chi connectivity index (χ1v) is 12.6. The van der Waals surface area contributed by atoms with Crippen LogP contribution in [0.3, 0.4) is 0 Å². The molecule has 1 aromatic carbocycles. The number of aldehydes is 1. The lowest BCUT2D eigenvalue weighted by Crippen LogP contribution is -2.49. The molecule has 9 heteroatoms. The normalized spacial score (nSPS) is 19.0. The van der Waals surface area contributed by atoms with Gasteiger partial charge in [-0.15, -0.1) is 0 Å². The predicted octanol–water partition coefficient (Wildman–Crippen LogP) is 1.84. The molecule has 2 aromatic rings. The molecule has 0 N–H and O–H groups in total. The molecular weight excluding hydrogens is 428 g/mol. The summed E-state index contributed by atoms with van der Waals surface area (Å²) in [6, 6.07) is 6.68. The van der Waals surface area contributed by atoms with Gasteiger partial charge in [0, 0.05) is 50.9 Å². The maximum absolute atomic E-state index is 13.3. The molecule has 0 saturated carbocycles. The topological polar surface area (TPSA) is 90.9 Å². The number of rotatable bonds is 5. The largest absolute Gasteiger partial charge is 0.362 e. The molecule has 0 aliphatic carbocycles. The third kappa shape index (κ3) is 4.21. The number of amides is 1. The van der Waals surface area contributed by atoms with Crippen molar-refractivity contribution in [3.05, 3.63) is 47.2 Å². The van der Waals surface area contributed by atoms with Crippen molar-refractivity contribution in [3.63, 3.8) is 0 Å². The van der Waals surface area contributed by atoms with E-state index in [4.69, 9.17) is 0 Å². The summed E-state index contributed by atoms with van der Waals surface area (Å²) in [5, 5.41) is 0. The van der Waals surface area contributed by atoms with Crippen LogP contribution in [-0.2, 0) is 14.6 Å². The fourth-order valence-electron chi connectivity index (χ4n) is 4.37. The third-order valence-corrected chi connectivity index (χ3v) is 7.34. The molecule has 3 heterocycles. The molecule has 2 fully saturated rings. The van der Waals surface area contributed by atoms with Crippen LogP contribution < -0.4 is 9.80 Å². The van der Waals surface area contributed by atoms with Crippen LogP contribution in [0.5, 0.6) is 0 Å². The van der Waals surface area contributed by atoms with Gasteiger partial charge in [0.05, 0.1) is 16.5 Å². The highest BCUT2D eigenvalue weighted by Crippen LogP contribution is 2.30. The average molecular weight is 457 g/mol. The van der Waals surface area contributed by atoms with E-state index in [2.05, 4.69) is 16.0 Å². The van der Waals surface area contributed by atoms with Gasteiger partial charge in [0.2, 0.25) is 0 Å². The van der Waals surface area contributed by atoms with Gasteiger partial charge in [0.25, 0.3) is 5.91 Å². The van der Waals surface area contributed by atoms with Gasteiger partial charge in [-0.3, -0.25) is 4.79 Å². The Balaban J connectivity index is 1.53. The first kappa shape index (κ1) is 22.3. The Hall–Kier alpha value is -2.94. The summed E-state index contributed by atoms with van der Waals surface area (Å²) in [5.74, 6) is 0.629. The third-order valence-electron chi connectivity index (χ3n) is 6.20. The fourth-order valence-corrected chi connectivity index (χ4v) is 5.26. The summed E-state index contributed by atoms with van der Waals surface area (Å²) in [6.45, 7) is 6.95. The second-order valence-electron chi connectivity index (χ2n) is 8.57. The Morgan fingerprint density at radius 3 is 2.38 bits per heavy atom. The highest BCUT2D eigenvalue weighted by molar-refractivity contribution is 7.90. The van der Waals surface area contributed by atoms with Gasteiger partial charge in [0.15, 0.2) is 9.84 Å². The highest BCUT2D eigenvalue weighted by atomic mass is 32.2. The molecule has 32 heavy (non-hydrogen) atoms. The lowest BCUT2D eigenvalue weighted by atomic mass is 10.0. The molecule has 0 spiro atoms. The standard InChI is InChI=1S/C23H28N4O4S/c1-16-12-17(2)22(24-14-16)25-8-10-26(11-9-25)23(29)20-5-4-18(13-21(20)32(3,30)31)27-7-6-19(27)15-28/h4-5,12-15,19H,6-11H2,1-3H3. The van der Waals surface area contributed by atoms with E-state index in [0.717, 1.165) is 35.9 Å². The second-order valence-corrected chi connectivity index (χ2v) is 10.6. The van der Waals surface area contributed by atoms with Gasteiger partial charge in [0.1, 0.15) is 12.1 Å². The lowest BCUT2D eigenvalue weighted by Gasteiger charge is -2.40. The van der Waals surface area contributed by atoms with Crippen LogP contribution in [-0.4, -0.2) is 75.5 Å². The van der Waals surface area contributed by atoms with Crippen molar-refractivity contribution in [2.45, 2.75) is 31.2 Å². The number of hydrogen-bond acceptors (Lipinski definition) is 7. The van der Waals surface area contributed by atoms with Crippen molar-refractivity contribution in [2.24, 2.45) is 0 Å². The second kappa shape index (κ2) is 8.54. The molecule has 0 bridgehead atoms. The quantitative estimate of drug-likeness (QED) is 0.634. The summed E-state index contributed by atoms with van der Waals surface area (Å²) in [5.41, 5.74) is 3.03. The van der Waals surface area contributed by atoms with Crippen molar-refractivity contribution in [1.29, 1.82) is 0 Å². The summed E-state index contributed by atoms with van der Waals surface area (Å²) in [4.78, 5) is 34.7. The van der Waals surface area contributed by atoms with Gasteiger partial charge >= 0.3 is 0 Å². The van der Waals surface area contributed by atoms with E-state index >= 15 is 0 Å². The number of aryl methyl sites for hydroxylation is 2. The van der Waals surface area contributed by atoms with E-state index < -0.39 is 9.84 Å².